The molecule has 1 amide bonds. The van der Waals surface area contributed by atoms with Crippen LogP contribution < -0.4 is 5.73 Å². The Morgan fingerprint density at radius 2 is 2.19 bits per heavy atom. The van der Waals surface area contributed by atoms with E-state index in [2.05, 4.69) is 0 Å². The van der Waals surface area contributed by atoms with E-state index in [0.29, 0.717) is 18.9 Å². The van der Waals surface area contributed by atoms with Gasteiger partial charge >= 0.3 is 0 Å². The third-order valence-electron chi connectivity index (χ3n) is 4.02. The van der Waals surface area contributed by atoms with Crippen LogP contribution in [-0.4, -0.2) is 30.4 Å². The SMILES string of the molecule is CC(C)(Cc1cccc(Cl)c1)C(=O)N1CCC(CN)C1.Cl. The molecule has 1 atom stereocenters. The lowest BCUT2D eigenvalue weighted by Gasteiger charge is -2.29. The summed E-state index contributed by atoms with van der Waals surface area (Å²) in [7, 11) is 0. The lowest BCUT2D eigenvalue weighted by molar-refractivity contribution is -0.139. The second-order valence-corrected chi connectivity index (χ2v) is 6.77. The van der Waals surface area contributed by atoms with Gasteiger partial charge in [-0.25, -0.2) is 0 Å². The Morgan fingerprint density at radius 1 is 1.48 bits per heavy atom. The number of amides is 1. The van der Waals surface area contributed by atoms with Crippen molar-refractivity contribution < 1.29 is 4.79 Å². The molecular weight excluding hydrogens is 307 g/mol. The molecule has 1 aromatic rings. The minimum Gasteiger partial charge on any atom is -0.342 e. The molecule has 2 N–H and O–H groups in total. The predicted molar refractivity (Wildman–Crippen MR) is 89.9 cm³/mol. The van der Waals surface area contributed by atoms with E-state index in [1.165, 1.54) is 0 Å². The molecule has 1 aromatic carbocycles. The van der Waals surface area contributed by atoms with Crippen LogP contribution in [0.3, 0.4) is 0 Å². The van der Waals surface area contributed by atoms with Gasteiger partial charge in [-0.3, -0.25) is 4.79 Å². The van der Waals surface area contributed by atoms with Gasteiger partial charge < -0.3 is 10.6 Å². The Balaban J connectivity index is 0.00000220. The quantitative estimate of drug-likeness (QED) is 0.921. The fourth-order valence-corrected chi connectivity index (χ4v) is 3.08. The Hall–Kier alpha value is -0.770. The minimum absolute atomic E-state index is 0. The van der Waals surface area contributed by atoms with Crippen molar-refractivity contribution in [2.75, 3.05) is 19.6 Å². The Bertz CT molecular complexity index is 491. The average molecular weight is 331 g/mol. The number of likely N-dealkylation sites (tertiary alicyclic amines) is 1. The van der Waals surface area contributed by atoms with Crippen LogP contribution in [-0.2, 0) is 11.2 Å². The van der Waals surface area contributed by atoms with E-state index in [9.17, 15) is 4.79 Å². The first-order chi connectivity index (χ1) is 9.42. The third-order valence-corrected chi connectivity index (χ3v) is 4.26. The average Bonchev–Trinajstić information content (AvgIpc) is 2.85. The number of benzene rings is 1. The monoisotopic (exact) mass is 330 g/mol. The summed E-state index contributed by atoms with van der Waals surface area (Å²) in [5.74, 6) is 0.675. The first-order valence-electron chi connectivity index (χ1n) is 7.16. The molecule has 1 fully saturated rings. The summed E-state index contributed by atoms with van der Waals surface area (Å²) in [5.41, 5.74) is 6.39. The topological polar surface area (TPSA) is 46.3 Å². The van der Waals surface area contributed by atoms with Crippen LogP contribution in [0.2, 0.25) is 5.02 Å². The molecule has 0 spiro atoms. The van der Waals surface area contributed by atoms with Crippen molar-refractivity contribution in [2.24, 2.45) is 17.1 Å². The summed E-state index contributed by atoms with van der Waals surface area (Å²) in [6.45, 7) is 6.31. The summed E-state index contributed by atoms with van der Waals surface area (Å²) in [4.78, 5) is 14.6. The Morgan fingerprint density at radius 3 is 2.76 bits per heavy atom. The molecule has 1 unspecified atom stereocenters. The van der Waals surface area contributed by atoms with Crippen molar-refractivity contribution in [3.05, 3.63) is 34.9 Å². The fourth-order valence-electron chi connectivity index (χ4n) is 2.87. The van der Waals surface area contributed by atoms with Gasteiger partial charge in [-0.05, 0) is 43.0 Å². The van der Waals surface area contributed by atoms with Crippen LogP contribution in [0.1, 0.15) is 25.8 Å². The molecule has 5 heteroatoms. The van der Waals surface area contributed by atoms with Crippen molar-refractivity contribution in [3.8, 4) is 0 Å². The standard InChI is InChI=1S/C16H23ClN2O.ClH/c1-16(2,9-12-4-3-5-14(17)8-12)15(20)19-7-6-13(10-18)11-19;/h3-5,8,13H,6-7,9-11,18H2,1-2H3;1H. The van der Waals surface area contributed by atoms with Gasteiger partial charge in [0.1, 0.15) is 0 Å². The van der Waals surface area contributed by atoms with Gasteiger partial charge in [-0.2, -0.15) is 0 Å². The van der Waals surface area contributed by atoms with E-state index >= 15 is 0 Å². The van der Waals surface area contributed by atoms with Crippen LogP contribution in [0, 0.1) is 11.3 Å². The van der Waals surface area contributed by atoms with Gasteiger partial charge in [0, 0.05) is 23.5 Å². The molecular formula is C16H24Cl2N2O. The molecule has 1 saturated heterocycles. The van der Waals surface area contributed by atoms with Gasteiger partial charge in [0.15, 0.2) is 0 Å². The number of halogens is 2. The summed E-state index contributed by atoms with van der Waals surface area (Å²) in [6.07, 6.45) is 1.73. The van der Waals surface area contributed by atoms with Crippen LogP contribution >= 0.6 is 24.0 Å². The fraction of sp³-hybridized carbons (Fsp3) is 0.562. The molecule has 0 bridgehead atoms. The second-order valence-electron chi connectivity index (χ2n) is 6.33. The zero-order valence-corrected chi connectivity index (χ0v) is 14.2. The highest BCUT2D eigenvalue weighted by Crippen LogP contribution is 2.28. The maximum absolute atomic E-state index is 12.7. The number of nitrogens with two attached hydrogens (primary N) is 1. The van der Waals surface area contributed by atoms with E-state index in [-0.39, 0.29) is 18.3 Å². The molecule has 21 heavy (non-hydrogen) atoms. The lowest BCUT2D eigenvalue weighted by atomic mass is 9.84. The Labute approximate surface area is 138 Å². The smallest absolute Gasteiger partial charge is 0.228 e. The van der Waals surface area contributed by atoms with Crippen molar-refractivity contribution >= 4 is 29.9 Å². The van der Waals surface area contributed by atoms with Gasteiger partial charge in [0.2, 0.25) is 5.91 Å². The summed E-state index contributed by atoms with van der Waals surface area (Å²) < 4.78 is 0. The van der Waals surface area contributed by atoms with E-state index in [4.69, 9.17) is 17.3 Å². The van der Waals surface area contributed by atoms with Gasteiger partial charge in [-0.15, -0.1) is 12.4 Å². The molecule has 0 saturated carbocycles. The molecule has 1 aliphatic heterocycles. The number of carbonyl (C=O) groups excluding carboxylic acids is 1. The van der Waals surface area contributed by atoms with E-state index < -0.39 is 5.41 Å². The summed E-state index contributed by atoms with van der Waals surface area (Å²) in [5, 5.41) is 0.718. The van der Waals surface area contributed by atoms with Crippen molar-refractivity contribution in [3.63, 3.8) is 0 Å². The highest BCUT2D eigenvalue weighted by Gasteiger charge is 2.35. The summed E-state index contributed by atoms with van der Waals surface area (Å²) in [6, 6.07) is 7.74. The predicted octanol–water partition coefficient (Wildman–Crippen LogP) is 3.14. The van der Waals surface area contributed by atoms with Crippen molar-refractivity contribution in [2.45, 2.75) is 26.7 Å². The number of carbonyl (C=O) groups is 1. The van der Waals surface area contributed by atoms with Gasteiger partial charge in [-0.1, -0.05) is 37.6 Å². The third kappa shape index (κ3) is 4.60. The summed E-state index contributed by atoms with van der Waals surface area (Å²) >= 11 is 6.01. The zero-order valence-electron chi connectivity index (χ0n) is 12.6. The maximum Gasteiger partial charge on any atom is 0.228 e. The van der Waals surface area contributed by atoms with Gasteiger partial charge in [0.25, 0.3) is 0 Å². The molecule has 0 radical (unpaired) electrons. The molecule has 0 aliphatic carbocycles. The highest BCUT2D eigenvalue weighted by atomic mass is 35.5. The molecule has 1 heterocycles. The van der Waals surface area contributed by atoms with Gasteiger partial charge in [0.05, 0.1) is 0 Å². The first kappa shape index (κ1) is 18.3. The van der Waals surface area contributed by atoms with Crippen LogP contribution in [0.5, 0.6) is 0 Å². The van der Waals surface area contributed by atoms with Crippen LogP contribution in [0.15, 0.2) is 24.3 Å². The van der Waals surface area contributed by atoms with E-state index in [1.54, 1.807) is 0 Å². The number of rotatable bonds is 4. The van der Waals surface area contributed by atoms with E-state index in [1.807, 2.05) is 43.0 Å². The zero-order chi connectivity index (χ0) is 14.8. The van der Waals surface area contributed by atoms with E-state index in [0.717, 1.165) is 30.1 Å². The molecule has 0 aromatic heterocycles. The lowest BCUT2D eigenvalue weighted by Crippen LogP contribution is -2.41. The maximum atomic E-state index is 12.7. The minimum atomic E-state index is -0.409. The van der Waals surface area contributed by atoms with Crippen LogP contribution in [0.25, 0.3) is 0 Å². The normalized spacial score (nSPS) is 18.5. The Kier molecular flexibility index (Phi) is 6.51. The number of hydrogen-bond acceptors (Lipinski definition) is 2. The first-order valence-corrected chi connectivity index (χ1v) is 7.54. The van der Waals surface area contributed by atoms with Crippen molar-refractivity contribution in [1.29, 1.82) is 0 Å². The number of hydrogen-bond donors (Lipinski definition) is 1. The molecule has 1 aliphatic rings. The second kappa shape index (κ2) is 7.48. The van der Waals surface area contributed by atoms with Crippen molar-refractivity contribution in [1.82, 2.24) is 4.90 Å². The molecule has 118 valence electrons. The van der Waals surface area contributed by atoms with Crippen LogP contribution in [0.4, 0.5) is 0 Å². The molecule has 3 nitrogen and oxygen atoms in total. The largest absolute Gasteiger partial charge is 0.342 e. The highest BCUT2D eigenvalue weighted by molar-refractivity contribution is 6.30. The molecule has 2 rings (SSSR count). The number of nitrogens with zero attached hydrogens (tertiary/aromatic N) is 1.